The van der Waals surface area contributed by atoms with Crippen LogP contribution >= 0.6 is 0 Å². The van der Waals surface area contributed by atoms with Crippen LogP contribution in [0.15, 0.2) is 77.9 Å². The minimum Gasteiger partial charge on any atom is -0.506 e. The average molecular weight is 698 g/mol. The molecule has 2 aromatic carbocycles. The number of aromatic nitrogens is 2. The molecule has 3 unspecified atom stereocenters. The fourth-order valence-electron chi connectivity index (χ4n) is 7.83. The molecule has 5 N–H and O–H groups in total. The van der Waals surface area contributed by atoms with E-state index in [9.17, 15) is 24.9 Å². The molecule has 3 fully saturated rings. The molecule has 0 radical (unpaired) electrons. The van der Waals surface area contributed by atoms with Crippen LogP contribution in [0.3, 0.4) is 0 Å². The van der Waals surface area contributed by atoms with Crippen LogP contribution in [0.2, 0.25) is 0 Å². The highest BCUT2D eigenvalue weighted by molar-refractivity contribution is 5.87. The first-order valence-electron chi connectivity index (χ1n) is 18.5. The van der Waals surface area contributed by atoms with E-state index in [1.165, 1.54) is 12.1 Å². The van der Waals surface area contributed by atoms with Gasteiger partial charge >= 0.3 is 6.09 Å². The zero-order valence-corrected chi connectivity index (χ0v) is 29.3. The molecule has 272 valence electrons. The fraction of sp³-hybridized carbons (Fsp3) is 0.475. The number of aliphatic hydroxyl groups is 1. The van der Waals surface area contributed by atoms with Crippen molar-refractivity contribution in [2.24, 2.45) is 5.92 Å². The minimum absolute atomic E-state index is 0.0144. The zero-order chi connectivity index (χ0) is 35.6. The monoisotopic (exact) mass is 697 g/mol. The molecular weight excluding hydrogens is 646 g/mol. The van der Waals surface area contributed by atoms with Crippen molar-refractivity contribution in [3.63, 3.8) is 0 Å². The number of benzene rings is 2. The number of rotatable bonds is 18. The molecule has 3 atom stereocenters. The summed E-state index contributed by atoms with van der Waals surface area (Å²) >= 11 is 0. The lowest BCUT2D eigenvalue weighted by Crippen LogP contribution is -2.59. The number of H-pyrrole nitrogens is 1. The van der Waals surface area contributed by atoms with E-state index in [1.54, 1.807) is 29.4 Å². The number of nitrogens with one attached hydrogen (secondary N) is 2. The third-order valence-corrected chi connectivity index (χ3v) is 10.5. The van der Waals surface area contributed by atoms with Gasteiger partial charge in [-0.2, -0.15) is 0 Å². The lowest BCUT2D eigenvalue weighted by atomic mass is 9.81. The number of unbranched alkanes of at least 4 members (excludes halogenated alkanes) is 6. The number of piperidine rings is 3. The van der Waals surface area contributed by atoms with Crippen LogP contribution in [-0.2, 0) is 0 Å². The molecule has 1 amide bonds. The topological polar surface area (TPSA) is 151 Å². The van der Waals surface area contributed by atoms with Crippen molar-refractivity contribution in [1.82, 2.24) is 25.1 Å². The molecule has 2 bridgehead atoms. The maximum Gasteiger partial charge on any atom is 0.408 e. The SMILES string of the molecule is O=C(O)N(C(c1ccccc1)c1cncc(OCCCCCCCCCNCC(O)c2ccc(O)c3[nH]c(=O)ccc23)c1)C1CN2CCC1CC2. The number of carboxylic acid groups (broad SMARTS) is 1. The second-order valence-corrected chi connectivity index (χ2v) is 14.0. The van der Waals surface area contributed by atoms with Crippen molar-refractivity contribution in [2.45, 2.75) is 76.0 Å². The normalized spacial score (nSPS) is 19.5. The van der Waals surface area contributed by atoms with Crippen molar-refractivity contribution < 1.29 is 24.9 Å². The molecule has 3 saturated heterocycles. The number of phenols is 1. The van der Waals surface area contributed by atoms with Crippen molar-refractivity contribution in [3.05, 3.63) is 100 Å². The number of aromatic hydroxyl groups is 1. The maximum absolute atomic E-state index is 12.9. The van der Waals surface area contributed by atoms with Crippen LogP contribution in [0.1, 0.15) is 86.6 Å². The van der Waals surface area contributed by atoms with Crippen molar-refractivity contribution in [3.8, 4) is 11.5 Å². The highest BCUT2D eigenvalue weighted by atomic mass is 16.5. The van der Waals surface area contributed by atoms with E-state index in [4.69, 9.17) is 4.74 Å². The number of carbonyl (C=O) groups is 1. The summed E-state index contributed by atoms with van der Waals surface area (Å²) in [6.45, 7) is 4.65. The standard InChI is InChI=1S/C40H51N5O6/c46-35-15-13-32(33-14-16-37(48)43-38(33)35)36(47)26-41-19-9-4-2-1-3-5-10-22-51-31-23-30(24-42-25-31)39(29-11-7-6-8-12-29)45(40(49)50)34-27-44-20-17-28(34)18-21-44/h6-8,11-16,23-25,28,34,36,39,41,46-47H,1-5,9-10,17-22,26-27H2,(H,43,48)(H,49,50). The molecule has 0 spiro atoms. The summed E-state index contributed by atoms with van der Waals surface area (Å²) in [7, 11) is 0. The summed E-state index contributed by atoms with van der Waals surface area (Å²) in [6.07, 6.45) is 11.5. The molecule has 4 aromatic rings. The van der Waals surface area contributed by atoms with E-state index >= 15 is 0 Å². The number of aromatic amines is 1. The van der Waals surface area contributed by atoms with Crippen LogP contribution in [0.25, 0.3) is 10.9 Å². The number of aliphatic hydroxyl groups excluding tert-OH is 1. The smallest absolute Gasteiger partial charge is 0.408 e. The molecular formula is C40H51N5O6. The maximum atomic E-state index is 12.9. The quantitative estimate of drug-likeness (QED) is 0.0763. The molecule has 11 heteroatoms. The molecule has 2 aromatic heterocycles. The van der Waals surface area contributed by atoms with E-state index in [0.29, 0.717) is 41.3 Å². The van der Waals surface area contributed by atoms with E-state index < -0.39 is 18.2 Å². The Labute approximate surface area is 299 Å². The largest absolute Gasteiger partial charge is 0.506 e. The van der Waals surface area contributed by atoms with Gasteiger partial charge in [-0.05, 0) is 80.6 Å². The van der Waals surface area contributed by atoms with Crippen molar-refractivity contribution in [2.75, 3.05) is 39.3 Å². The number of amides is 1. The van der Waals surface area contributed by atoms with Crippen LogP contribution in [0, 0.1) is 5.92 Å². The van der Waals surface area contributed by atoms with Gasteiger partial charge < -0.3 is 35.3 Å². The molecule has 3 aliphatic rings. The Kier molecular flexibility index (Phi) is 12.6. The van der Waals surface area contributed by atoms with E-state index in [2.05, 4.69) is 20.2 Å². The molecule has 11 nitrogen and oxygen atoms in total. The summed E-state index contributed by atoms with van der Waals surface area (Å²) in [5.41, 5.74) is 2.47. The number of phenolic OH excluding ortho intramolecular Hbond substituents is 1. The highest BCUT2D eigenvalue weighted by Gasteiger charge is 2.43. The second kappa shape index (κ2) is 17.7. The first-order valence-corrected chi connectivity index (χ1v) is 18.5. The lowest BCUT2D eigenvalue weighted by molar-refractivity contribution is -0.000854. The fourth-order valence-corrected chi connectivity index (χ4v) is 7.83. The minimum atomic E-state index is -0.899. The van der Waals surface area contributed by atoms with Gasteiger partial charge in [-0.25, -0.2) is 4.79 Å². The van der Waals surface area contributed by atoms with Crippen molar-refractivity contribution in [1.29, 1.82) is 0 Å². The summed E-state index contributed by atoms with van der Waals surface area (Å²) in [5.74, 6) is 1.02. The third-order valence-electron chi connectivity index (χ3n) is 10.5. The number of pyridine rings is 2. The summed E-state index contributed by atoms with van der Waals surface area (Å²) in [6, 6.07) is 17.5. The lowest BCUT2D eigenvalue weighted by Gasteiger charge is -2.50. The Morgan fingerprint density at radius 3 is 2.43 bits per heavy atom. The Morgan fingerprint density at radius 1 is 0.961 bits per heavy atom. The molecule has 0 aliphatic carbocycles. The van der Waals surface area contributed by atoms with Gasteiger partial charge in [0.05, 0.1) is 36.5 Å². The van der Waals surface area contributed by atoms with E-state index in [0.717, 1.165) is 95.1 Å². The number of ether oxygens (including phenoxy) is 1. The van der Waals surface area contributed by atoms with Gasteiger partial charge in [0.1, 0.15) is 11.5 Å². The molecule has 7 rings (SSSR count). The van der Waals surface area contributed by atoms with E-state index in [1.807, 2.05) is 36.4 Å². The van der Waals surface area contributed by atoms with Crippen LogP contribution in [0.4, 0.5) is 4.79 Å². The molecule has 0 saturated carbocycles. The first kappa shape index (κ1) is 36.3. The molecule has 3 aliphatic heterocycles. The van der Waals surface area contributed by atoms with Gasteiger partial charge in [-0.1, -0.05) is 68.5 Å². The van der Waals surface area contributed by atoms with Crippen LogP contribution in [-0.4, -0.2) is 86.6 Å². The Morgan fingerprint density at radius 2 is 1.71 bits per heavy atom. The summed E-state index contributed by atoms with van der Waals surface area (Å²) < 4.78 is 6.13. The Balaban J connectivity index is 0.902. The number of nitrogens with zero attached hydrogens (tertiary/aromatic N) is 3. The molecule has 5 heterocycles. The Bertz CT molecular complexity index is 1780. The van der Waals surface area contributed by atoms with Crippen molar-refractivity contribution >= 4 is 17.0 Å². The summed E-state index contributed by atoms with van der Waals surface area (Å²) in [4.78, 5) is 35.7. The summed E-state index contributed by atoms with van der Waals surface area (Å²) in [5, 5.41) is 35.3. The molecule has 51 heavy (non-hydrogen) atoms. The number of fused-ring (bicyclic) bond motifs is 4. The van der Waals surface area contributed by atoms with Gasteiger partial charge in [0.2, 0.25) is 5.56 Å². The van der Waals surface area contributed by atoms with Gasteiger partial charge in [-0.15, -0.1) is 0 Å². The number of hydrogen-bond donors (Lipinski definition) is 5. The first-order chi connectivity index (χ1) is 24.9. The second-order valence-electron chi connectivity index (χ2n) is 14.0. The van der Waals surface area contributed by atoms with Crippen LogP contribution < -0.4 is 15.6 Å². The average Bonchev–Trinajstić information content (AvgIpc) is 3.15. The zero-order valence-electron chi connectivity index (χ0n) is 29.3. The predicted molar refractivity (Wildman–Crippen MR) is 197 cm³/mol. The Hall–Kier alpha value is -4.45. The highest BCUT2D eigenvalue weighted by Crippen LogP contribution is 2.39. The predicted octanol–water partition coefficient (Wildman–Crippen LogP) is 6.23. The van der Waals surface area contributed by atoms with Gasteiger partial charge in [0, 0.05) is 36.3 Å². The van der Waals surface area contributed by atoms with Gasteiger partial charge in [0.15, 0.2) is 0 Å². The third kappa shape index (κ3) is 9.27. The van der Waals surface area contributed by atoms with Gasteiger partial charge in [0.25, 0.3) is 0 Å². The number of hydrogen-bond acceptors (Lipinski definition) is 8. The van der Waals surface area contributed by atoms with Crippen LogP contribution in [0.5, 0.6) is 11.5 Å². The van der Waals surface area contributed by atoms with E-state index in [-0.39, 0.29) is 17.4 Å². The van der Waals surface area contributed by atoms with Gasteiger partial charge in [-0.3, -0.25) is 14.7 Å².